The fourth-order valence-corrected chi connectivity index (χ4v) is 2.05. The highest BCUT2D eigenvalue weighted by atomic mass is 35.5. The van der Waals surface area contributed by atoms with Crippen LogP contribution in [0.4, 0.5) is 0 Å². The second-order valence-electron chi connectivity index (χ2n) is 4.28. The van der Waals surface area contributed by atoms with Crippen molar-refractivity contribution in [2.75, 3.05) is 7.05 Å². The van der Waals surface area contributed by atoms with E-state index in [0.29, 0.717) is 10.6 Å². The third kappa shape index (κ3) is 2.42. The van der Waals surface area contributed by atoms with Crippen LogP contribution in [0.2, 0.25) is 5.02 Å². The molecule has 88 valence electrons. The summed E-state index contributed by atoms with van der Waals surface area (Å²) in [6.45, 7) is 0. The zero-order valence-electron chi connectivity index (χ0n) is 9.56. The van der Waals surface area contributed by atoms with Crippen molar-refractivity contribution in [1.29, 1.82) is 5.26 Å². The van der Waals surface area contributed by atoms with Gasteiger partial charge >= 0.3 is 0 Å². The van der Waals surface area contributed by atoms with Crippen LogP contribution >= 0.6 is 11.6 Å². The third-order valence-corrected chi connectivity index (χ3v) is 3.33. The Bertz CT molecular complexity index is 477. The maximum absolute atomic E-state index is 11.9. The molecule has 0 aromatic heterocycles. The van der Waals surface area contributed by atoms with Gasteiger partial charge in [0.15, 0.2) is 0 Å². The van der Waals surface area contributed by atoms with Gasteiger partial charge in [0.05, 0.1) is 6.07 Å². The smallest absolute Gasteiger partial charge is 0.226 e. The Labute approximate surface area is 106 Å². The van der Waals surface area contributed by atoms with Crippen LogP contribution < -0.4 is 0 Å². The van der Waals surface area contributed by atoms with Crippen molar-refractivity contribution in [3.8, 4) is 6.07 Å². The highest BCUT2D eigenvalue weighted by Gasteiger charge is 2.35. The maximum atomic E-state index is 11.9. The van der Waals surface area contributed by atoms with Gasteiger partial charge < -0.3 is 4.90 Å². The van der Waals surface area contributed by atoms with Crippen LogP contribution in [0.15, 0.2) is 24.3 Å². The summed E-state index contributed by atoms with van der Waals surface area (Å²) >= 11 is 6.05. The van der Waals surface area contributed by atoms with E-state index in [1.165, 1.54) is 4.90 Å². The van der Waals surface area contributed by atoms with Gasteiger partial charge in [-0.05, 0) is 18.9 Å². The van der Waals surface area contributed by atoms with Gasteiger partial charge in [-0.3, -0.25) is 4.79 Å². The summed E-state index contributed by atoms with van der Waals surface area (Å²) in [5.74, 6) is 0.148. The monoisotopic (exact) mass is 248 g/mol. The normalized spacial score (nSPS) is 16.1. The van der Waals surface area contributed by atoms with E-state index in [0.717, 1.165) is 12.8 Å². The molecule has 1 aliphatic carbocycles. The molecule has 0 bridgehead atoms. The van der Waals surface area contributed by atoms with Crippen molar-refractivity contribution in [1.82, 2.24) is 4.90 Å². The van der Waals surface area contributed by atoms with Crippen LogP contribution in [0, 0.1) is 17.2 Å². The number of nitriles is 1. The minimum absolute atomic E-state index is 0.0384. The van der Waals surface area contributed by atoms with E-state index in [4.69, 9.17) is 11.6 Å². The average Bonchev–Trinajstić information content (AvgIpc) is 3.15. The number of rotatable bonds is 3. The molecule has 3 nitrogen and oxygen atoms in total. The van der Waals surface area contributed by atoms with Crippen molar-refractivity contribution in [3.63, 3.8) is 0 Å². The minimum Gasteiger partial charge on any atom is -0.325 e. The summed E-state index contributed by atoms with van der Waals surface area (Å²) in [6.07, 6.45) is 1.87. The van der Waals surface area contributed by atoms with Crippen LogP contribution in [-0.4, -0.2) is 17.9 Å². The lowest BCUT2D eigenvalue weighted by Gasteiger charge is -2.23. The molecule has 0 saturated heterocycles. The van der Waals surface area contributed by atoms with Crippen LogP contribution in [-0.2, 0) is 4.79 Å². The Morgan fingerprint density at radius 1 is 1.53 bits per heavy atom. The van der Waals surface area contributed by atoms with Crippen molar-refractivity contribution in [3.05, 3.63) is 34.9 Å². The molecular weight excluding hydrogens is 236 g/mol. The van der Waals surface area contributed by atoms with Crippen LogP contribution in [0.5, 0.6) is 0 Å². The summed E-state index contributed by atoms with van der Waals surface area (Å²) in [5.41, 5.74) is 0.688. The lowest BCUT2D eigenvalue weighted by Crippen LogP contribution is -2.31. The molecule has 1 amide bonds. The number of carbonyl (C=O) groups is 1. The first kappa shape index (κ1) is 11.9. The SMILES string of the molecule is CN(C(=O)C1CC1)C(C#N)c1ccccc1Cl. The van der Waals surface area contributed by atoms with E-state index in [2.05, 4.69) is 6.07 Å². The topological polar surface area (TPSA) is 44.1 Å². The Morgan fingerprint density at radius 2 is 2.18 bits per heavy atom. The van der Waals surface area contributed by atoms with Crippen molar-refractivity contribution in [2.45, 2.75) is 18.9 Å². The number of hydrogen-bond donors (Lipinski definition) is 0. The molecule has 1 fully saturated rings. The molecular formula is C13H13ClN2O. The van der Waals surface area contributed by atoms with Gasteiger partial charge in [-0.15, -0.1) is 0 Å². The van der Waals surface area contributed by atoms with Gasteiger partial charge in [-0.2, -0.15) is 5.26 Å². The first-order chi connectivity index (χ1) is 8.15. The highest BCUT2D eigenvalue weighted by Crippen LogP contribution is 2.34. The fraction of sp³-hybridized carbons (Fsp3) is 0.385. The molecule has 1 atom stereocenters. The molecule has 1 aliphatic rings. The molecule has 1 aromatic rings. The van der Waals surface area contributed by atoms with E-state index >= 15 is 0 Å². The van der Waals surface area contributed by atoms with E-state index < -0.39 is 6.04 Å². The second kappa shape index (κ2) is 4.77. The largest absolute Gasteiger partial charge is 0.325 e. The van der Waals surface area contributed by atoms with Gasteiger partial charge in [0.2, 0.25) is 5.91 Å². The summed E-state index contributed by atoms with van der Waals surface area (Å²) in [7, 11) is 1.66. The Morgan fingerprint density at radius 3 is 2.71 bits per heavy atom. The van der Waals surface area contributed by atoms with Crippen molar-refractivity contribution >= 4 is 17.5 Å². The van der Waals surface area contributed by atoms with Gasteiger partial charge in [0.25, 0.3) is 0 Å². The number of benzene rings is 1. The molecule has 1 saturated carbocycles. The van der Waals surface area contributed by atoms with Crippen LogP contribution in [0.1, 0.15) is 24.4 Å². The van der Waals surface area contributed by atoms with E-state index in [1.807, 2.05) is 12.1 Å². The molecule has 4 heteroatoms. The number of carbonyl (C=O) groups excluding carboxylic acids is 1. The summed E-state index contributed by atoms with van der Waals surface area (Å²) in [6, 6.07) is 8.69. The highest BCUT2D eigenvalue weighted by molar-refractivity contribution is 6.31. The van der Waals surface area contributed by atoms with Gasteiger partial charge in [-0.25, -0.2) is 0 Å². The molecule has 0 aliphatic heterocycles. The second-order valence-corrected chi connectivity index (χ2v) is 4.68. The third-order valence-electron chi connectivity index (χ3n) is 2.98. The maximum Gasteiger partial charge on any atom is 0.226 e. The Kier molecular flexibility index (Phi) is 3.35. The number of nitrogens with zero attached hydrogens (tertiary/aromatic N) is 2. The molecule has 0 N–H and O–H groups in total. The van der Waals surface area contributed by atoms with E-state index in [1.54, 1.807) is 19.2 Å². The molecule has 2 rings (SSSR count). The summed E-state index contributed by atoms with van der Waals surface area (Å²) in [4.78, 5) is 13.4. The molecule has 0 heterocycles. The zero-order valence-corrected chi connectivity index (χ0v) is 10.3. The van der Waals surface area contributed by atoms with E-state index in [-0.39, 0.29) is 11.8 Å². The zero-order chi connectivity index (χ0) is 12.4. The quantitative estimate of drug-likeness (QED) is 0.826. The molecule has 0 spiro atoms. The summed E-state index contributed by atoms with van der Waals surface area (Å²) in [5, 5.41) is 9.75. The Balaban J connectivity index is 2.24. The molecule has 17 heavy (non-hydrogen) atoms. The van der Waals surface area contributed by atoms with E-state index in [9.17, 15) is 10.1 Å². The average molecular weight is 249 g/mol. The molecule has 1 aromatic carbocycles. The number of halogens is 1. The van der Waals surface area contributed by atoms with Crippen LogP contribution in [0.3, 0.4) is 0 Å². The number of hydrogen-bond acceptors (Lipinski definition) is 2. The minimum atomic E-state index is -0.600. The van der Waals surface area contributed by atoms with Crippen molar-refractivity contribution in [2.24, 2.45) is 5.92 Å². The van der Waals surface area contributed by atoms with Crippen LogP contribution in [0.25, 0.3) is 0 Å². The van der Waals surface area contributed by atoms with Gasteiger partial charge in [0, 0.05) is 23.6 Å². The number of amides is 1. The van der Waals surface area contributed by atoms with Gasteiger partial charge in [0.1, 0.15) is 6.04 Å². The first-order valence-corrected chi connectivity index (χ1v) is 5.93. The fourth-order valence-electron chi connectivity index (χ4n) is 1.81. The predicted molar refractivity (Wildman–Crippen MR) is 65.3 cm³/mol. The lowest BCUT2D eigenvalue weighted by atomic mass is 10.1. The standard InChI is InChI=1S/C13H13ClN2O/c1-16(13(17)9-6-7-9)12(8-15)10-4-2-3-5-11(10)14/h2-5,9,12H,6-7H2,1H3. The lowest BCUT2D eigenvalue weighted by molar-refractivity contribution is -0.132. The predicted octanol–water partition coefficient (Wildman–Crippen LogP) is 2.77. The Hall–Kier alpha value is -1.53. The molecule has 0 radical (unpaired) electrons. The first-order valence-electron chi connectivity index (χ1n) is 5.56. The summed E-state index contributed by atoms with van der Waals surface area (Å²) < 4.78 is 0. The van der Waals surface area contributed by atoms with Crippen molar-refractivity contribution < 1.29 is 4.79 Å². The molecule has 1 unspecified atom stereocenters. The van der Waals surface area contributed by atoms with Gasteiger partial charge in [-0.1, -0.05) is 29.8 Å².